The molecular weight excluding hydrogens is 490 g/mol. The summed E-state index contributed by atoms with van der Waals surface area (Å²) in [5.41, 5.74) is 8.54. The number of benzene rings is 2. The van der Waals surface area contributed by atoms with E-state index in [0.717, 1.165) is 77.6 Å². The Morgan fingerprint density at radius 2 is 1.95 bits per heavy atom. The van der Waals surface area contributed by atoms with Crippen LogP contribution in [0.4, 0.5) is 5.82 Å². The molecule has 2 aromatic heterocycles. The zero-order valence-corrected chi connectivity index (χ0v) is 21.2. The van der Waals surface area contributed by atoms with E-state index < -0.39 is 5.91 Å². The van der Waals surface area contributed by atoms with Crippen LogP contribution in [-0.4, -0.2) is 53.3 Å². The van der Waals surface area contributed by atoms with Crippen LogP contribution in [0, 0.1) is 0 Å². The van der Waals surface area contributed by atoms with E-state index in [1.807, 2.05) is 30.5 Å². The summed E-state index contributed by atoms with van der Waals surface area (Å²) in [4.78, 5) is 23.0. The van der Waals surface area contributed by atoms with Gasteiger partial charge in [-0.15, -0.1) is 0 Å². The molecule has 1 saturated heterocycles. The summed E-state index contributed by atoms with van der Waals surface area (Å²) in [5.74, 6) is 0.408. The number of aliphatic hydroxyl groups excluding tert-OH is 1. The predicted molar refractivity (Wildman–Crippen MR) is 146 cm³/mol. The van der Waals surface area contributed by atoms with Crippen molar-refractivity contribution in [2.24, 2.45) is 5.73 Å². The molecule has 8 nitrogen and oxygen atoms in total. The molecule has 37 heavy (non-hydrogen) atoms. The Morgan fingerprint density at radius 3 is 2.76 bits per heavy atom. The molecule has 0 radical (unpaired) electrons. The molecule has 0 bridgehead atoms. The van der Waals surface area contributed by atoms with Crippen LogP contribution in [0.1, 0.15) is 34.3 Å². The van der Waals surface area contributed by atoms with Gasteiger partial charge in [0.25, 0.3) is 0 Å². The first kappa shape index (κ1) is 25.4. The Balaban J connectivity index is 1.10. The molecule has 192 valence electrons. The van der Waals surface area contributed by atoms with Gasteiger partial charge in [0.2, 0.25) is 5.91 Å². The maximum absolute atomic E-state index is 11.7. The van der Waals surface area contributed by atoms with Crippen LogP contribution < -0.4 is 16.0 Å². The van der Waals surface area contributed by atoms with Crippen molar-refractivity contribution in [1.29, 1.82) is 0 Å². The van der Waals surface area contributed by atoms with E-state index in [0.29, 0.717) is 17.2 Å². The van der Waals surface area contributed by atoms with Crippen LogP contribution in [-0.2, 0) is 17.9 Å². The van der Waals surface area contributed by atoms with Crippen LogP contribution in [0.2, 0.25) is 5.02 Å². The van der Waals surface area contributed by atoms with Gasteiger partial charge in [0, 0.05) is 65.4 Å². The number of nitrogens with zero attached hydrogens (tertiary/aromatic N) is 3. The molecule has 4 aromatic rings. The van der Waals surface area contributed by atoms with Gasteiger partial charge in [-0.2, -0.15) is 0 Å². The smallest absolute Gasteiger partial charge is 0.248 e. The van der Waals surface area contributed by atoms with Crippen molar-refractivity contribution in [2.45, 2.75) is 32.1 Å². The van der Waals surface area contributed by atoms with E-state index in [2.05, 4.69) is 15.2 Å². The van der Waals surface area contributed by atoms with Gasteiger partial charge in [0.05, 0.1) is 18.2 Å². The number of amides is 1. The predicted octanol–water partition coefficient (Wildman–Crippen LogP) is 3.80. The third-order valence-corrected chi connectivity index (χ3v) is 6.86. The fraction of sp³-hybridized carbons (Fsp3) is 0.321. The lowest BCUT2D eigenvalue weighted by atomic mass is 10.0. The monoisotopic (exact) mass is 519 g/mol. The van der Waals surface area contributed by atoms with E-state index in [9.17, 15) is 9.90 Å². The first-order valence-electron chi connectivity index (χ1n) is 12.5. The number of primary amides is 1. The van der Waals surface area contributed by atoms with E-state index in [-0.39, 0.29) is 12.7 Å². The molecule has 0 spiro atoms. The first-order valence-corrected chi connectivity index (χ1v) is 12.8. The average Bonchev–Trinajstić information content (AvgIpc) is 2.88. The Hall–Kier alpha value is -3.30. The molecular formula is C28H30ClN5O3. The highest BCUT2D eigenvalue weighted by atomic mass is 35.5. The molecule has 0 unspecified atom stereocenters. The number of carbonyl (C=O) groups is 1. The van der Waals surface area contributed by atoms with Crippen LogP contribution in [0.25, 0.3) is 21.7 Å². The zero-order valence-electron chi connectivity index (χ0n) is 20.5. The number of aromatic nitrogens is 2. The Bertz CT molecular complexity index is 1420. The average molecular weight is 520 g/mol. The van der Waals surface area contributed by atoms with Gasteiger partial charge in [-0.1, -0.05) is 23.7 Å². The molecule has 0 atom stereocenters. The van der Waals surface area contributed by atoms with E-state index >= 15 is 0 Å². The van der Waals surface area contributed by atoms with Crippen molar-refractivity contribution in [3.63, 3.8) is 0 Å². The molecule has 1 fully saturated rings. The third-order valence-electron chi connectivity index (χ3n) is 6.64. The fourth-order valence-electron chi connectivity index (χ4n) is 4.69. The molecule has 5 rings (SSSR count). The number of fused-ring (bicyclic) bond motifs is 3. The molecule has 9 heteroatoms. The molecule has 0 aliphatic carbocycles. The summed E-state index contributed by atoms with van der Waals surface area (Å²) in [6.07, 6.45) is 5.77. The van der Waals surface area contributed by atoms with Crippen molar-refractivity contribution < 1.29 is 14.6 Å². The highest BCUT2D eigenvalue weighted by molar-refractivity contribution is 6.30. The summed E-state index contributed by atoms with van der Waals surface area (Å²) >= 11 is 6.10. The number of nitrogens with one attached hydrogen (secondary N) is 1. The topological polar surface area (TPSA) is 114 Å². The van der Waals surface area contributed by atoms with Crippen molar-refractivity contribution >= 4 is 45.0 Å². The summed E-state index contributed by atoms with van der Waals surface area (Å²) in [6.45, 7) is 3.84. The van der Waals surface area contributed by atoms with Gasteiger partial charge in [-0.3, -0.25) is 9.78 Å². The van der Waals surface area contributed by atoms with Gasteiger partial charge < -0.3 is 25.8 Å². The molecule has 1 aliphatic rings. The lowest BCUT2D eigenvalue weighted by Crippen LogP contribution is -2.52. The largest absolute Gasteiger partial charge is 0.392 e. The van der Waals surface area contributed by atoms with Crippen molar-refractivity contribution in [3.8, 4) is 0 Å². The number of pyridine rings is 2. The molecule has 1 aliphatic heterocycles. The van der Waals surface area contributed by atoms with Gasteiger partial charge in [-0.05, 0) is 60.8 Å². The highest BCUT2D eigenvalue weighted by Crippen LogP contribution is 2.33. The van der Waals surface area contributed by atoms with E-state index in [1.165, 1.54) is 0 Å². The zero-order chi connectivity index (χ0) is 25.8. The van der Waals surface area contributed by atoms with Crippen molar-refractivity contribution in [1.82, 2.24) is 15.3 Å². The summed E-state index contributed by atoms with van der Waals surface area (Å²) in [7, 11) is 0. The number of halogens is 1. The summed E-state index contributed by atoms with van der Waals surface area (Å²) in [6, 6.07) is 13.0. The Morgan fingerprint density at radius 1 is 1.11 bits per heavy atom. The Kier molecular flexibility index (Phi) is 7.81. The van der Waals surface area contributed by atoms with Crippen LogP contribution >= 0.6 is 11.6 Å². The maximum atomic E-state index is 11.7. The summed E-state index contributed by atoms with van der Waals surface area (Å²) < 4.78 is 6.07. The second-order valence-corrected chi connectivity index (χ2v) is 9.80. The molecule has 0 saturated carbocycles. The van der Waals surface area contributed by atoms with Crippen LogP contribution in [0.3, 0.4) is 0 Å². The lowest BCUT2D eigenvalue weighted by Gasteiger charge is -2.40. The number of rotatable bonds is 11. The van der Waals surface area contributed by atoms with Gasteiger partial charge in [0.1, 0.15) is 5.82 Å². The molecule has 1 amide bonds. The SMILES string of the molecule is NC(=O)c1ccc2c(c1)nc(N1CC(OCCCCNCc3cc(Cl)cc(CO)c3)C1)c1ccncc12. The number of hydrogen-bond acceptors (Lipinski definition) is 7. The number of anilines is 1. The normalized spacial score (nSPS) is 13.8. The quantitative estimate of drug-likeness (QED) is 0.204. The number of ether oxygens (including phenoxy) is 1. The van der Waals surface area contributed by atoms with Gasteiger partial charge in [-0.25, -0.2) is 4.98 Å². The van der Waals surface area contributed by atoms with Gasteiger partial charge >= 0.3 is 0 Å². The lowest BCUT2D eigenvalue weighted by molar-refractivity contribution is 0.0321. The molecule has 4 N–H and O–H groups in total. The molecule has 2 aromatic carbocycles. The first-order chi connectivity index (χ1) is 18.0. The van der Waals surface area contributed by atoms with Crippen molar-refractivity contribution in [2.75, 3.05) is 31.1 Å². The van der Waals surface area contributed by atoms with E-state index in [1.54, 1.807) is 24.4 Å². The second-order valence-electron chi connectivity index (χ2n) is 9.36. The number of unbranched alkanes of at least 4 members (excludes halogenated alkanes) is 1. The van der Waals surface area contributed by atoms with Gasteiger partial charge in [0.15, 0.2) is 0 Å². The minimum atomic E-state index is -0.468. The highest BCUT2D eigenvalue weighted by Gasteiger charge is 2.30. The Labute approximate surface area is 220 Å². The van der Waals surface area contributed by atoms with Crippen LogP contribution in [0.5, 0.6) is 0 Å². The standard InChI is InChI=1S/C28H30ClN5O3/c29-21-10-18(9-19(11-21)17-35)13-31-6-1-2-8-37-22-15-34(16-22)28-24-5-7-32-14-25(24)23-4-3-20(27(30)36)12-26(23)33-28/h3-5,7,9-12,14,22,31,35H,1-2,6,8,13,15-17H2,(H2,30,36). The number of aliphatic hydroxyl groups is 1. The minimum Gasteiger partial charge on any atom is -0.392 e. The van der Waals surface area contributed by atoms with Crippen molar-refractivity contribution in [3.05, 3.63) is 76.6 Å². The fourth-order valence-corrected chi connectivity index (χ4v) is 4.97. The number of hydrogen-bond donors (Lipinski definition) is 3. The molecule has 3 heterocycles. The number of nitrogens with two attached hydrogens (primary N) is 1. The maximum Gasteiger partial charge on any atom is 0.248 e. The summed E-state index contributed by atoms with van der Waals surface area (Å²) in [5, 5.41) is 16.4. The minimum absolute atomic E-state index is 0.00984. The van der Waals surface area contributed by atoms with Crippen LogP contribution in [0.15, 0.2) is 54.9 Å². The second kappa shape index (κ2) is 11.4. The third kappa shape index (κ3) is 5.83. The number of carbonyl (C=O) groups excluding carboxylic acids is 1. The van der Waals surface area contributed by atoms with E-state index in [4.69, 9.17) is 27.1 Å².